The van der Waals surface area contributed by atoms with E-state index in [1.807, 2.05) is 0 Å². The molecule has 0 unspecified atom stereocenters. The maximum Gasteiger partial charge on any atom is 0.306 e. The molecule has 0 atom stereocenters. The molecule has 0 spiro atoms. The summed E-state index contributed by atoms with van der Waals surface area (Å²) in [6.07, 6.45) is 1.51. The molecule has 2 N–H and O–H groups in total. The fraction of sp³-hybridized carbons (Fsp3) is 0.0526. The zero-order chi connectivity index (χ0) is 22.9. The van der Waals surface area contributed by atoms with Crippen molar-refractivity contribution in [1.82, 2.24) is 20.0 Å². The van der Waals surface area contributed by atoms with Crippen molar-refractivity contribution >= 4 is 15.8 Å². The highest BCUT2D eigenvalue weighted by Crippen LogP contribution is 2.25. The second kappa shape index (κ2) is 8.22. The molecule has 13 heteroatoms. The van der Waals surface area contributed by atoms with Gasteiger partial charge in [-0.05, 0) is 39.0 Å². The zero-order valence-corrected chi connectivity index (χ0v) is 17.0. The standard InChI is InChI=1S/C19H14N6O6S/c26-12-13-11-14(25(27)28)8-9-16(13)23-21-19(22-24(23)18-7-3-4-10-20-18)15-5-1-2-6-17(15)32(29,30)31/h1-11,26H,12H2/p+1. The third-order valence-electron chi connectivity index (χ3n) is 4.48. The molecule has 0 bridgehead atoms. The lowest BCUT2D eigenvalue weighted by molar-refractivity contribution is -0.737. The Morgan fingerprint density at radius 1 is 1.09 bits per heavy atom. The van der Waals surface area contributed by atoms with E-state index in [1.54, 1.807) is 24.3 Å². The van der Waals surface area contributed by atoms with Crippen LogP contribution < -0.4 is 4.80 Å². The lowest BCUT2D eigenvalue weighted by Crippen LogP contribution is -2.44. The molecule has 2 heterocycles. The Morgan fingerprint density at radius 3 is 2.50 bits per heavy atom. The molecule has 0 aliphatic carbocycles. The van der Waals surface area contributed by atoms with Gasteiger partial charge in [-0.3, -0.25) is 14.7 Å². The minimum atomic E-state index is -4.57. The predicted octanol–water partition coefficient (Wildman–Crippen LogP) is 1.25. The van der Waals surface area contributed by atoms with Crippen LogP contribution in [-0.4, -0.2) is 43.0 Å². The van der Waals surface area contributed by atoms with Crippen LogP contribution >= 0.6 is 0 Å². The van der Waals surface area contributed by atoms with Gasteiger partial charge < -0.3 is 5.11 Å². The van der Waals surface area contributed by atoms with Gasteiger partial charge in [0.05, 0.1) is 17.1 Å². The van der Waals surface area contributed by atoms with E-state index in [0.717, 1.165) is 0 Å². The molecule has 2 aromatic heterocycles. The van der Waals surface area contributed by atoms with Crippen molar-refractivity contribution in [3.63, 3.8) is 0 Å². The number of aromatic nitrogens is 5. The van der Waals surface area contributed by atoms with Gasteiger partial charge in [0, 0.05) is 28.9 Å². The van der Waals surface area contributed by atoms with E-state index in [0.29, 0.717) is 5.82 Å². The summed E-state index contributed by atoms with van der Waals surface area (Å²) in [5.41, 5.74) is 0.250. The van der Waals surface area contributed by atoms with Gasteiger partial charge in [-0.1, -0.05) is 18.2 Å². The number of hydrogen-bond donors (Lipinski definition) is 2. The average Bonchev–Trinajstić information content (AvgIpc) is 3.23. The van der Waals surface area contributed by atoms with E-state index in [-0.39, 0.29) is 28.3 Å². The Balaban J connectivity index is 1.99. The zero-order valence-electron chi connectivity index (χ0n) is 16.2. The molecule has 162 valence electrons. The van der Waals surface area contributed by atoms with Gasteiger partial charge in [-0.2, -0.15) is 8.42 Å². The van der Waals surface area contributed by atoms with Gasteiger partial charge in [-0.15, -0.1) is 4.98 Å². The minimum Gasteiger partial charge on any atom is -0.392 e. The van der Waals surface area contributed by atoms with Crippen molar-refractivity contribution in [2.24, 2.45) is 0 Å². The first kappa shape index (κ1) is 21.2. The number of nitrogens with zero attached hydrogens (tertiary/aromatic N) is 6. The normalized spacial score (nSPS) is 11.4. The Hall–Kier alpha value is -4.07. The summed E-state index contributed by atoms with van der Waals surface area (Å²) in [6.45, 7) is -0.532. The first-order valence-corrected chi connectivity index (χ1v) is 10.5. The Labute approximate surface area is 180 Å². The van der Waals surface area contributed by atoms with Crippen LogP contribution in [0.2, 0.25) is 0 Å². The highest BCUT2D eigenvalue weighted by atomic mass is 32.2. The molecule has 2 aromatic carbocycles. The molecule has 12 nitrogen and oxygen atoms in total. The second-order valence-corrected chi connectivity index (χ2v) is 7.88. The predicted molar refractivity (Wildman–Crippen MR) is 109 cm³/mol. The Morgan fingerprint density at radius 2 is 1.84 bits per heavy atom. The second-order valence-electron chi connectivity index (χ2n) is 6.49. The number of non-ortho nitro benzene ring substituents is 1. The number of aliphatic hydroxyl groups is 1. The number of rotatable bonds is 6. The van der Waals surface area contributed by atoms with Crippen LogP contribution in [0.25, 0.3) is 22.9 Å². The van der Waals surface area contributed by atoms with Gasteiger partial charge in [0.25, 0.3) is 21.6 Å². The number of nitro groups is 1. The van der Waals surface area contributed by atoms with Crippen LogP contribution in [0.1, 0.15) is 5.56 Å². The SMILES string of the molecule is O=[N+]([O-])c1ccc(-n2nc(-c3ccccc3S(=O)(=O)O)n[n+]2-c2ccccn2)c(CO)c1. The fourth-order valence-corrected chi connectivity index (χ4v) is 3.74. The van der Waals surface area contributed by atoms with Crippen LogP contribution in [0.3, 0.4) is 0 Å². The van der Waals surface area contributed by atoms with Crippen molar-refractivity contribution in [3.05, 3.63) is 82.5 Å². The van der Waals surface area contributed by atoms with E-state index >= 15 is 0 Å². The Kier molecular flexibility index (Phi) is 5.44. The van der Waals surface area contributed by atoms with E-state index in [1.165, 1.54) is 52.2 Å². The largest absolute Gasteiger partial charge is 0.392 e. The first-order valence-electron chi connectivity index (χ1n) is 9.06. The van der Waals surface area contributed by atoms with E-state index in [4.69, 9.17) is 0 Å². The average molecular weight is 455 g/mol. The van der Waals surface area contributed by atoms with Crippen LogP contribution in [0.4, 0.5) is 5.69 Å². The molecule has 32 heavy (non-hydrogen) atoms. The van der Waals surface area contributed by atoms with Crippen molar-refractivity contribution in [1.29, 1.82) is 0 Å². The number of benzene rings is 2. The summed E-state index contributed by atoms with van der Waals surface area (Å²) >= 11 is 0. The minimum absolute atomic E-state index is 0.0332. The monoisotopic (exact) mass is 455 g/mol. The third-order valence-corrected chi connectivity index (χ3v) is 5.39. The van der Waals surface area contributed by atoms with Gasteiger partial charge in [0.1, 0.15) is 16.8 Å². The number of aliphatic hydroxyl groups excluding tert-OH is 1. The van der Waals surface area contributed by atoms with Gasteiger partial charge in [-0.25, -0.2) is 0 Å². The molecule has 0 aliphatic rings. The van der Waals surface area contributed by atoms with Crippen LogP contribution in [0.15, 0.2) is 71.8 Å². The summed E-state index contributed by atoms with van der Waals surface area (Å²) in [5.74, 6) is 0.240. The lowest BCUT2D eigenvalue weighted by atomic mass is 10.1. The molecule has 0 amide bonds. The van der Waals surface area contributed by atoms with Crippen molar-refractivity contribution in [3.8, 4) is 22.9 Å². The summed E-state index contributed by atoms with van der Waals surface area (Å²) in [6, 6.07) is 14.5. The molecular weight excluding hydrogens is 440 g/mol. The first-order chi connectivity index (χ1) is 15.3. The number of nitro benzene ring substituents is 1. The number of hydrogen-bond acceptors (Lipinski definition) is 8. The molecule has 0 radical (unpaired) electrons. The summed E-state index contributed by atoms with van der Waals surface area (Å²) in [7, 11) is -4.57. The molecule has 0 saturated heterocycles. The van der Waals surface area contributed by atoms with Gasteiger partial charge in [0.15, 0.2) is 0 Å². The van der Waals surface area contributed by atoms with Crippen LogP contribution in [0.5, 0.6) is 0 Å². The van der Waals surface area contributed by atoms with Crippen molar-refractivity contribution < 1.29 is 27.8 Å². The molecule has 0 fully saturated rings. The van der Waals surface area contributed by atoms with Crippen molar-refractivity contribution in [2.75, 3.05) is 0 Å². The molecule has 4 rings (SSSR count). The lowest BCUT2D eigenvalue weighted by Gasteiger charge is -2.05. The van der Waals surface area contributed by atoms with Crippen LogP contribution in [0, 0.1) is 10.1 Å². The summed E-state index contributed by atoms with van der Waals surface area (Å²) in [5, 5.41) is 29.6. The van der Waals surface area contributed by atoms with Crippen LogP contribution in [-0.2, 0) is 16.7 Å². The maximum absolute atomic E-state index is 11.8. The summed E-state index contributed by atoms with van der Waals surface area (Å²) in [4.78, 5) is 16.8. The third kappa shape index (κ3) is 3.94. The number of pyridine rings is 1. The maximum atomic E-state index is 11.8. The highest BCUT2D eigenvalue weighted by Gasteiger charge is 2.28. The van der Waals surface area contributed by atoms with Gasteiger partial charge >= 0.3 is 5.82 Å². The quantitative estimate of drug-likeness (QED) is 0.188. The molecule has 0 saturated carbocycles. The van der Waals surface area contributed by atoms with E-state index < -0.39 is 26.5 Å². The summed E-state index contributed by atoms with van der Waals surface area (Å²) < 4.78 is 33.3. The fourth-order valence-electron chi connectivity index (χ4n) is 3.05. The molecule has 0 aliphatic heterocycles. The van der Waals surface area contributed by atoms with E-state index in [9.17, 15) is 28.2 Å². The number of tetrazole rings is 1. The molecule has 4 aromatic rings. The van der Waals surface area contributed by atoms with Crippen molar-refractivity contribution in [2.45, 2.75) is 11.5 Å². The molecular formula is C19H15N6O6S+. The van der Waals surface area contributed by atoms with E-state index in [2.05, 4.69) is 15.2 Å². The Bertz CT molecular complexity index is 1420. The van der Waals surface area contributed by atoms with Gasteiger partial charge in [0.2, 0.25) is 0 Å². The topological polar surface area (TPSA) is 165 Å². The highest BCUT2D eigenvalue weighted by molar-refractivity contribution is 7.86. The smallest absolute Gasteiger partial charge is 0.306 e.